The number of aromatic nitrogens is 1. The molecule has 6 nitrogen and oxygen atoms in total. The average molecular weight is 534 g/mol. The summed E-state index contributed by atoms with van der Waals surface area (Å²) in [5.41, 5.74) is 0.522. The Labute approximate surface area is 218 Å². The summed E-state index contributed by atoms with van der Waals surface area (Å²) in [6.45, 7) is 3.36. The Bertz CT molecular complexity index is 1310. The zero-order chi connectivity index (χ0) is 27.4. The van der Waals surface area contributed by atoms with Crippen molar-refractivity contribution in [3.63, 3.8) is 0 Å². The van der Waals surface area contributed by atoms with Gasteiger partial charge in [-0.1, -0.05) is 0 Å². The van der Waals surface area contributed by atoms with Crippen molar-refractivity contribution in [2.24, 2.45) is 5.41 Å². The number of carboxylic acids is 1. The van der Waals surface area contributed by atoms with Gasteiger partial charge in [-0.25, -0.2) is 17.6 Å². The number of methoxy groups -OCH3 is 1. The first-order chi connectivity index (χ1) is 18.1. The number of pyridine rings is 1. The van der Waals surface area contributed by atoms with Crippen LogP contribution in [0.1, 0.15) is 43.0 Å². The summed E-state index contributed by atoms with van der Waals surface area (Å²) in [6.07, 6.45) is 1.16. The molecule has 2 N–H and O–H groups in total. The number of hydrogen-bond acceptors (Lipinski definition) is 5. The van der Waals surface area contributed by atoms with E-state index >= 15 is 4.39 Å². The third-order valence-corrected chi connectivity index (χ3v) is 7.51. The molecule has 4 rings (SSSR count). The van der Waals surface area contributed by atoms with Gasteiger partial charge >= 0.3 is 5.97 Å². The Kier molecular flexibility index (Phi) is 8.40. The quantitative estimate of drug-likeness (QED) is 0.245. The zero-order valence-corrected chi connectivity index (χ0v) is 21.4. The van der Waals surface area contributed by atoms with Gasteiger partial charge in [0.2, 0.25) is 0 Å². The fraction of sp³-hybridized carbons (Fsp3) is 0.429. The molecule has 0 saturated carbocycles. The fourth-order valence-corrected chi connectivity index (χ4v) is 5.19. The van der Waals surface area contributed by atoms with Crippen molar-refractivity contribution in [3.8, 4) is 5.75 Å². The van der Waals surface area contributed by atoms with E-state index in [1.165, 1.54) is 7.11 Å². The van der Waals surface area contributed by atoms with Crippen molar-refractivity contribution in [1.82, 2.24) is 9.88 Å². The summed E-state index contributed by atoms with van der Waals surface area (Å²) in [4.78, 5) is 18.7. The molecule has 2 heterocycles. The summed E-state index contributed by atoms with van der Waals surface area (Å²) in [6, 6.07) is 6.65. The zero-order valence-electron chi connectivity index (χ0n) is 21.4. The van der Waals surface area contributed by atoms with Gasteiger partial charge in [-0.2, -0.15) is 0 Å². The molecule has 3 aromatic rings. The van der Waals surface area contributed by atoms with Crippen molar-refractivity contribution in [2.75, 3.05) is 38.6 Å². The number of fused-ring (bicyclic) bond motifs is 1. The van der Waals surface area contributed by atoms with E-state index in [0.29, 0.717) is 66.3 Å². The summed E-state index contributed by atoms with van der Waals surface area (Å²) in [5.74, 6) is -3.65. The average Bonchev–Trinajstić information content (AvgIpc) is 2.90. The highest BCUT2D eigenvalue weighted by Crippen LogP contribution is 2.41. The third kappa shape index (κ3) is 5.85. The van der Waals surface area contributed by atoms with Crippen LogP contribution >= 0.6 is 0 Å². The molecule has 1 fully saturated rings. The number of piperidine rings is 1. The van der Waals surface area contributed by atoms with Gasteiger partial charge < -0.3 is 20.1 Å². The Morgan fingerprint density at radius 2 is 1.95 bits per heavy atom. The smallest absolute Gasteiger partial charge is 0.309 e. The van der Waals surface area contributed by atoms with Crippen LogP contribution in [0.15, 0.2) is 36.5 Å². The number of nitrogens with one attached hydrogen (secondary N) is 1. The van der Waals surface area contributed by atoms with E-state index in [2.05, 4.69) is 10.3 Å². The lowest BCUT2D eigenvalue weighted by atomic mass is 9.74. The summed E-state index contributed by atoms with van der Waals surface area (Å²) in [7, 11) is 1.54. The minimum absolute atomic E-state index is 0.0510. The molecule has 0 unspecified atom stereocenters. The number of benzene rings is 2. The van der Waals surface area contributed by atoms with Gasteiger partial charge in [0.25, 0.3) is 0 Å². The number of rotatable bonds is 10. The molecule has 2 aromatic carbocycles. The second kappa shape index (κ2) is 11.6. The summed E-state index contributed by atoms with van der Waals surface area (Å²) < 4.78 is 61.6. The Morgan fingerprint density at radius 3 is 2.63 bits per heavy atom. The SMILES string of the molecule is COc1ccc2ncc(C)c([C@H](F)CCC3(C(=O)O)CCN(CCNc4cc(F)cc(F)c4F)CC3)c2c1. The summed E-state index contributed by atoms with van der Waals surface area (Å²) in [5, 5.41) is 13.4. The van der Waals surface area contributed by atoms with Gasteiger partial charge in [0.15, 0.2) is 11.6 Å². The van der Waals surface area contributed by atoms with E-state index in [4.69, 9.17) is 4.74 Å². The molecule has 1 aliphatic rings. The standard InChI is InChI=1S/C28H31F4N3O3/c1-17-16-34-23-4-3-19(38-2)15-20(23)25(17)21(30)5-6-28(27(36)37)7-10-35(11-8-28)12-9-33-24-14-18(29)13-22(31)26(24)32/h3-4,13-16,21,33H,5-12H2,1-2H3,(H,36,37)/t21-/m1/s1. The van der Waals surface area contributed by atoms with Crippen LogP contribution in [-0.4, -0.2) is 54.2 Å². The number of alkyl halides is 1. The fourth-order valence-electron chi connectivity index (χ4n) is 5.19. The van der Waals surface area contributed by atoms with Gasteiger partial charge in [0.1, 0.15) is 17.7 Å². The molecule has 10 heteroatoms. The van der Waals surface area contributed by atoms with Gasteiger partial charge in [0, 0.05) is 36.8 Å². The first-order valence-electron chi connectivity index (χ1n) is 12.5. The van der Waals surface area contributed by atoms with Gasteiger partial charge in [0.05, 0.1) is 23.7 Å². The highest BCUT2D eigenvalue weighted by atomic mass is 19.2. The van der Waals surface area contributed by atoms with Crippen molar-refractivity contribution < 1.29 is 32.2 Å². The molecule has 0 spiro atoms. The molecule has 0 bridgehead atoms. The number of anilines is 1. The van der Waals surface area contributed by atoms with Crippen LogP contribution in [0.25, 0.3) is 10.9 Å². The lowest BCUT2D eigenvalue weighted by Gasteiger charge is -2.39. The van der Waals surface area contributed by atoms with Crippen molar-refractivity contribution >= 4 is 22.6 Å². The molecular weight excluding hydrogens is 502 g/mol. The number of carbonyl (C=O) groups is 1. The highest BCUT2D eigenvalue weighted by molar-refractivity contribution is 5.85. The lowest BCUT2D eigenvalue weighted by Crippen LogP contribution is -2.45. The van der Waals surface area contributed by atoms with E-state index in [0.717, 1.165) is 6.07 Å². The second-order valence-corrected chi connectivity index (χ2v) is 9.85. The van der Waals surface area contributed by atoms with Crippen LogP contribution in [-0.2, 0) is 4.79 Å². The molecule has 1 aliphatic heterocycles. The molecule has 1 saturated heterocycles. The Hall–Kier alpha value is -3.40. The number of aryl methyl sites for hydroxylation is 1. The number of likely N-dealkylation sites (tertiary alicyclic amines) is 1. The predicted molar refractivity (Wildman–Crippen MR) is 137 cm³/mol. The van der Waals surface area contributed by atoms with Crippen LogP contribution in [0.5, 0.6) is 5.75 Å². The van der Waals surface area contributed by atoms with Crippen LogP contribution in [0.4, 0.5) is 23.2 Å². The van der Waals surface area contributed by atoms with Crippen molar-refractivity contribution in [2.45, 2.75) is 38.8 Å². The van der Waals surface area contributed by atoms with Crippen LogP contribution in [0.2, 0.25) is 0 Å². The largest absolute Gasteiger partial charge is 0.497 e. The Balaban J connectivity index is 1.37. The molecule has 0 aliphatic carbocycles. The number of carboxylic acid groups (broad SMARTS) is 1. The van der Waals surface area contributed by atoms with Crippen molar-refractivity contribution in [1.29, 1.82) is 0 Å². The monoisotopic (exact) mass is 533 g/mol. The van der Waals surface area contributed by atoms with Crippen LogP contribution in [0.3, 0.4) is 0 Å². The van der Waals surface area contributed by atoms with Gasteiger partial charge in [-0.05, 0) is 75.0 Å². The maximum Gasteiger partial charge on any atom is 0.309 e. The van der Waals surface area contributed by atoms with Crippen LogP contribution < -0.4 is 10.1 Å². The van der Waals surface area contributed by atoms with Crippen LogP contribution in [0, 0.1) is 29.8 Å². The highest BCUT2D eigenvalue weighted by Gasteiger charge is 2.41. The maximum absolute atomic E-state index is 15.7. The minimum Gasteiger partial charge on any atom is -0.497 e. The van der Waals surface area contributed by atoms with E-state index in [1.807, 2.05) is 4.90 Å². The first kappa shape index (κ1) is 27.6. The van der Waals surface area contributed by atoms with E-state index in [1.54, 1.807) is 31.3 Å². The van der Waals surface area contributed by atoms with Gasteiger partial charge in [-0.3, -0.25) is 9.78 Å². The Morgan fingerprint density at radius 1 is 1.21 bits per heavy atom. The van der Waals surface area contributed by atoms with E-state index in [-0.39, 0.29) is 25.1 Å². The van der Waals surface area contributed by atoms with Crippen molar-refractivity contribution in [3.05, 3.63) is 65.1 Å². The third-order valence-electron chi connectivity index (χ3n) is 7.51. The number of aliphatic carboxylic acids is 1. The first-order valence-corrected chi connectivity index (χ1v) is 12.5. The molecule has 0 amide bonds. The molecule has 0 radical (unpaired) electrons. The molecule has 38 heavy (non-hydrogen) atoms. The van der Waals surface area contributed by atoms with E-state index in [9.17, 15) is 23.1 Å². The topological polar surface area (TPSA) is 74.7 Å². The second-order valence-electron chi connectivity index (χ2n) is 9.85. The summed E-state index contributed by atoms with van der Waals surface area (Å²) >= 11 is 0. The number of nitrogens with zero attached hydrogens (tertiary/aromatic N) is 2. The number of halogens is 4. The lowest BCUT2D eigenvalue weighted by molar-refractivity contribution is -0.153. The predicted octanol–water partition coefficient (Wildman–Crippen LogP) is 6.04. The molecule has 204 valence electrons. The molecular formula is C28H31F4N3O3. The molecule has 1 aromatic heterocycles. The van der Waals surface area contributed by atoms with E-state index < -0.39 is 35.0 Å². The minimum atomic E-state index is -1.37. The molecule has 1 atom stereocenters. The number of ether oxygens (including phenoxy) is 1. The normalized spacial score (nSPS) is 16.4. The maximum atomic E-state index is 15.7. The number of hydrogen-bond donors (Lipinski definition) is 2. The van der Waals surface area contributed by atoms with Gasteiger partial charge in [-0.15, -0.1) is 0 Å².